The number of nitrogens with one attached hydrogen (secondary N) is 1. The number of nitrogens with zero attached hydrogens (tertiary/aromatic N) is 2. The van der Waals surface area contributed by atoms with Gasteiger partial charge in [-0.05, 0) is 26.2 Å². The Balaban J connectivity index is 3.09. The van der Waals surface area contributed by atoms with Gasteiger partial charge in [0.15, 0.2) is 0 Å². The number of anilines is 3. The summed E-state index contributed by atoms with van der Waals surface area (Å²) in [6.45, 7) is 5.30. The lowest BCUT2D eigenvalue weighted by Crippen LogP contribution is -2.29. The zero-order valence-electron chi connectivity index (χ0n) is 13.3. The molecule has 0 aliphatic carbocycles. The molecule has 1 atom stereocenters. The number of hydrogen-bond donors (Lipinski definition) is 3. The van der Waals surface area contributed by atoms with E-state index in [1.807, 2.05) is 27.2 Å². The molecule has 21 heavy (non-hydrogen) atoms. The third-order valence-corrected chi connectivity index (χ3v) is 3.17. The van der Waals surface area contributed by atoms with Gasteiger partial charge in [-0.3, -0.25) is 0 Å². The van der Waals surface area contributed by atoms with Crippen LogP contribution in [-0.2, 0) is 0 Å². The van der Waals surface area contributed by atoms with Gasteiger partial charge in [0.2, 0.25) is 0 Å². The third-order valence-electron chi connectivity index (χ3n) is 3.17. The van der Waals surface area contributed by atoms with Crippen molar-refractivity contribution in [2.24, 2.45) is 0 Å². The van der Waals surface area contributed by atoms with Crippen molar-refractivity contribution in [3.05, 3.63) is 24.8 Å². The Morgan fingerprint density at radius 2 is 2.05 bits per heavy atom. The van der Waals surface area contributed by atoms with Gasteiger partial charge in [-0.2, -0.15) is 0 Å². The van der Waals surface area contributed by atoms with Crippen LogP contribution in [0.4, 0.5) is 17.1 Å². The lowest BCUT2D eigenvalue weighted by Gasteiger charge is -2.26. The van der Waals surface area contributed by atoms with E-state index in [0.717, 1.165) is 24.5 Å². The van der Waals surface area contributed by atoms with Crippen molar-refractivity contribution in [1.82, 2.24) is 4.90 Å². The van der Waals surface area contributed by atoms with Crippen molar-refractivity contribution >= 4 is 17.1 Å². The van der Waals surface area contributed by atoms with Crippen molar-refractivity contribution in [2.45, 2.75) is 6.23 Å². The molecule has 0 heterocycles. The maximum Gasteiger partial charge on any atom is 0.143 e. The lowest BCUT2D eigenvalue weighted by atomic mass is 10.2. The second-order valence-electron chi connectivity index (χ2n) is 5.16. The molecule has 6 heteroatoms. The van der Waals surface area contributed by atoms with Gasteiger partial charge in [-0.15, -0.1) is 0 Å². The van der Waals surface area contributed by atoms with E-state index in [1.54, 1.807) is 13.2 Å². The summed E-state index contributed by atoms with van der Waals surface area (Å²) in [5.41, 5.74) is 8.10. The fourth-order valence-corrected chi connectivity index (χ4v) is 1.88. The first-order chi connectivity index (χ1) is 9.88. The number of likely N-dealkylation sites (N-methyl/N-ethyl adjacent to an activating group) is 2. The largest absolute Gasteiger partial charge is 0.495 e. The zero-order chi connectivity index (χ0) is 16.0. The van der Waals surface area contributed by atoms with E-state index in [4.69, 9.17) is 10.5 Å². The standard InChI is InChI=1S/C15H26N4O2/c1-6-15(20)17-12-9-11(16)14(21-5)10-13(12)19(4)8-7-18(2)3/h6,9-10,15,17,20H,1,7-8,16H2,2-5H3. The fraction of sp³-hybridized carbons (Fsp3) is 0.467. The Kier molecular flexibility index (Phi) is 6.33. The molecular formula is C15H26N4O2. The summed E-state index contributed by atoms with van der Waals surface area (Å²) in [6.07, 6.45) is 0.586. The summed E-state index contributed by atoms with van der Waals surface area (Å²) in [6, 6.07) is 3.62. The van der Waals surface area contributed by atoms with Crippen molar-refractivity contribution in [3.8, 4) is 5.75 Å². The number of nitrogens with two attached hydrogens (primary N) is 1. The molecule has 0 spiro atoms. The van der Waals surface area contributed by atoms with Crippen LogP contribution in [0.2, 0.25) is 0 Å². The molecule has 0 fully saturated rings. The number of aliphatic hydroxyl groups excluding tert-OH is 1. The Morgan fingerprint density at radius 1 is 1.38 bits per heavy atom. The molecule has 0 radical (unpaired) electrons. The Morgan fingerprint density at radius 3 is 2.57 bits per heavy atom. The average Bonchev–Trinajstić information content (AvgIpc) is 2.44. The third kappa shape index (κ3) is 4.84. The highest BCUT2D eigenvalue weighted by atomic mass is 16.5. The Bertz CT molecular complexity index is 477. The SMILES string of the molecule is C=CC(O)Nc1cc(N)c(OC)cc1N(C)CCN(C)C. The molecule has 1 unspecified atom stereocenters. The predicted molar refractivity (Wildman–Crippen MR) is 89.1 cm³/mol. The number of benzene rings is 1. The summed E-state index contributed by atoms with van der Waals surface area (Å²) in [5.74, 6) is 0.611. The van der Waals surface area contributed by atoms with E-state index >= 15 is 0 Å². The smallest absolute Gasteiger partial charge is 0.143 e. The Hall–Kier alpha value is -1.92. The number of rotatable bonds is 8. The van der Waals surface area contributed by atoms with Gasteiger partial charge in [-0.25, -0.2) is 0 Å². The van der Waals surface area contributed by atoms with Gasteiger partial charge in [0.1, 0.15) is 12.0 Å². The van der Waals surface area contributed by atoms with Crippen molar-refractivity contribution in [3.63, 3.8) is 0 Å². The van der Waals surface area contributed by atoms with Crippen molar-refractivity contribution < 1.29 is 9.84 Å². The summed E-state index contributed by atoms with van der Waals surface area (Å²) in [4.78, 5) is 4.19. The number of nitrogen functional groups attached to an aromatic ring is 1. The maximum absolute atomic E-state index is 9.73. The maximum atomic E-state index is 9.73. The van der Waals surface area contributed by atoms with Gasteiger partial charge < -0.3 is 30.7 Å². The highest BCUT2D eigenvalue weighted by Gasteiger charge is 2.14. The molecule has 0 saturated heterocycles. The van der Waals surface area contributed by atoms with Gasteiger partial charge in [0.25, 0.3) is 0 Å². The topological polar surface area (TPSA) is 74.0 Å². The minimum atomic E-state index is -0.834. The van der Waals surface area contributed by atoms with Gasteiger partial charge >= 0.3 is 0 Å². The van der Waals surface area contributed by atoms with Crippen LogP contribution in [0.25, 0.3) is 0 Å². The molecule has 0 saturated carbocycles. The molecule has 0 amide bonds. The van der Waals surface area contributed by atoms with Crippen LogP contribution in [0.15, 0.2) is 24.8 Å². The Labute approximate surface area is 126 Å². The minimum absolute atomic E-state index is 0.515. The number of methoxy groups -OCH3 is 1. The van der Waals surface area contributed by atoms with Crippen LogP contribution < -0.4 is 20.7 Å². The second kappa shape index (κ2) is 7.75. The first kappa shape index (κ1) is 17.1. The normalized spacial score (nSPS) is 12.1. The molecule has 6 nitrogen and oxygen atoms in total. The second-order valence-corrected chi connectivity index (χ2v) is 5.16. The van der Waals surface area contributed by atoms with E-state index in [0.29, 0.717) is 11.4 Å². The molecule has 4 N–H and O–H groups in total. The van der Waals surface area contributed by atoms with Crippen molar-refractivity contribution in [1.29, 1.82) is 0 Å². The van der Waals surface area contributed by atoms with E-state index < -0.39 is 6.23 Å². The van der Waals surface area contributed by atoms with E-state index in [1.165, 1.54) is 6.08 Å². The molecule has 0 aliphatic heterocycles. The summed E-state index contributed by atoms with van der Waals surface area (Å²) in [5, 5.41) is 12.7. The zero-order valence-corrected chi connectivity index (χ0v) is 13.3. The first-order valence-corrected chi connectivity index (χ1v) is 6.79. The summed E-state index contributed by atoms with van der Waals surface area (Å²) >= 11 is 0. The number of ether oxygens (including phenoxy) is 1. The quantitative estimate of drug-likeness (QED) is 0.380. The summed E-state index contributed by atoms with van der Waals surface area (Å²) < 4.78 is 5.28. The van der Waals surface area contributed by atoms with Crippen LogP contribution in [0.5, 0.6) is 5.75 Å². The van der Waals surface area contributed by atoms with Crippen LogP contribution >= 0.6 is 0 Å². The molecule has 1 rings (SSSR count). The highest BCUT2D eigenvalue weighted by Crippen LogP contribution is 2.35. The van der Waals surface area contributed by atoms with Crippen LogP contribution in [0.3, 0.4) is 0 Å². The number of aliphatic hydroxyl groups is 1. The van der Waals surface area contributed by atoms with E-state index in [-0.39, 0.29) is 0 Å². The van der Waals surface area contributed by atoms with Crippen LogP contribution in [0.1, 0.15) is 0 Å². The van der Waals surface area contributed by atoms with E-state index in [9.17, 15) is 5.11 Å². The minimum Gasteiger partial charge on any atom is -0.495 e. The molecule has 0 aromatic heterocycles. The average molecular weight is 294 g/mol. The van der Waals surface area contributed by atoms with E-state index in [2.05, 4.69) is 21.7 Å². The van der Waals surface area contributed by atoms with Crippen LogP contribution in [-0.4, -0.2) is 57.6 Å². The first-order valence-electron chi connectivity index (χ1n) is 6.79. The van der Waals surface area contributed by atoms with Gasteiger partial charge in [-0.1, -0.05) is 6.58 Å². The lowest BCUT2D eigenvalue weighted by molar-refractivity contribution is 0.253. The monoisotopic (exact) mass is 294 g/mol. The molecule has 1 aromatic carbocycles. The molecule has 0 bridgehead atoms. The van der Waals surface area contributed by atoms with Gasteiger partial charge in [0.05, 0.1) is 24.2 Å². The molecule has 118 valence electrons. The number of hydrogen-bond acceptors (Lipinski definition) is 6. The predicted octanol–water partition coefficient (Wildman–Crippen LogP) is 1.19. The molecular weight excluding hydrogens is 268 g/mol. The van der Waals surface area contributed by atoms with Gasteiger partial charge in [0, 0.05) is 26.2 Å². The van der Waals surface area contributed by atoms with Crippen LogP contribution in [0, 0.1) is 0 Å². The molecule has 1 aromatic rings. The molecule has 0 aliphatic rings. The van der Waals surface area contributed by atoms with Crippen molar-refractivity contribution in [2.75, 3.05) is 57.3 Å². The summed E-state index contributed by atoms with van der Waals surface area (Å²) in [7, 11) is 7.62. The highest BCUT2D eigenvalue weighted by molar-refractivity contribution is 5.78. The fourth-order valence-electron chi connectivity index (χ4n) is 1.88.